The van der Waals surface area contributed by atoms with Gasteiger partial charge in [-0.1, -0.05) is 23.7 Å². The van der Waals surface area contributed by atoms with Crippen molar-refractivity contribution >= 4 is 17.5 Å². The van der Waals surface area contributed by atoms with Gasteiger partial charge in [0.15, 0.2) is 0 Å². The number of halogens is 1. The van der Waals surface area contributed by atoms with E-state index in [2.05, 4.69) is 17.2 Å². The van der Waals surface area contributed by atoms with Crippen LogP contribution in [0, 0.1) is 0 Å². The minimum Gasteiger partial charge on any atom is -0.496 e. The number of nitrogens with one attached hydrogen (secondary N) is 2. The fraction of sp³-hybridized carbons (Fsp3) is 0.357. The van der Waals surface area contributed by atoms with E-state index in [9.17, 15) is 4.79 Å². The van der Waals surface area contributed by atoms with Crippen LogP contribution in [0.3, 0.4) is 0 Å². The highest BCUT2D eigenvalue weighted by Crippen LogP contribution is 2.25. The maximum Gasteiger partial charge on any atom is 0.237 e. The van der Waals surface area contributed by atoms with Crippen LogP contribution in [0.25, 0.3) is 0 Å². The summed E-state index contributed by atoms with van der Waals surface area (Å²) in [6.07, 6.45) is 1.64. The molecule has 4 nitrogen and oxygen atoms in total. The van der Waals surface area contributed by atoms with Crippen LogP contribution >= 0.6 is 11.6 Å². The van der Waals surface area contributed by atoms with Crippen LogP contribution in [0.2, 0.25) is 5.02 Å². The van der Waals surface area contributed by atoms with Crippen LogP contribution in [0.15, 0.2) is 30.9 Å². The number of rotatable bonds is 7. The molecule has 1 aromatic rings. The number of carbonyl (C=O) groups is 1. The van der Waals surface area contributed by atoms with E-state index >= 15 is 0 Å². The number of benzene rings is 1. The van der Waals surface area contributed by atoms with Gasteiger partial charge in [0.2, 0.25) is 5.91 Å². The number of amides is 1. The molecule has 0 fully saturated rings. The van der Waals surface area contributed by atoms with E-state index in [0.717, 1.165) is 5.56 Å². The summed E-state index contributed by atoms with van der Waals surface area (Å²) >= 11 is 6.12. The van der Waals surface area contributed by atoms with Crippen molar-refractivity contribution in [3.63, 3.8) is 0 Å². The summed E-state index contributed by atoms with van der Waals surface area (Å²) in [6, 6.07) is 5.14. The predicted molar refractivity (Wildman–Crippen MR) is 77.5 cm³/mol. The molecule has 0 spiro atoms. The third kappa shape index (κ3) is 4.58. The molecule has 0 aromatic heterocycles. The lowest BCUT2D eigenvalue weighted by Crippen LogP contribution is -2.41. The van der Waals surface area contributed by atoms with Gasteiger partial charge in [-0.25, -0.2) is 0 Å². The van der Waals surface area contributed by atoms with Crippen LogP contribution < -0.4 is 15.4 Å². The average molecular weight is 283 g/mol. The van der Waals surface area contributed by atoms with E-state index in [1.807, 2.05) is 12.1 Å². The van der Waals surface area contributed by atoms with Gasteiger partial charge in [-0.3, -0.25) is 4.79 Å². The summed E-state index contributed by atoms with van der Waals surface area (Å²) in [5.41, 5.74) is 0.843. The molecule has 104 valence electrons. The highest BCUT2D eigenvalue weighted by Gasteiger charge is 2.13. The highest BCUT2D eigenvalue weighted by atomic mass is 35.5. The van der Waals surface area contributed by atoms with Gasteiger partial charge in [0, 0.05) is 23.7 Å². The monoisotopic (exact) mass is 282 g/mol. The Morgan fingerprint density at radius 2 is 2.32 bits per heavy atom. The number of carbonyl (C=O) groups excluding carboxylic acids is 1. The van der Waals surface area contributed by atoms with Gasteiger partial charge in [0.1, 0.15) is 5.75 Å². The molecule has 0 saturated carbocycles. The molecule has 0 aliphatic carbocycles. The first-order valence-corrected chi connectivity index (χ1v) is 6.41. The second kappa shape index (κ2) is 7.81. The lowest BCUT2D eigenvalue weighted by atomic mass is 10.2. The van der Waals surface area contributed by atoms with Gasteiger partial charge in [0.05, 0.1) is 13.2 Å². The molecule has 1 aromatic carbocycles. The van der Waals surface area contributed by atoms with Crippen molar-refractivity contribution in [3.8, 4) is 5.75 Å². The Balaban J connectivity index is 2.61. The molecular formula is C14H19ClN2O2. The summed E-state index contributed by atoms with van der Waals surface area (Å²) in [6.45, 7) is 6.27. The van der Waals surface area contributed by atoms with Gasteiger partial charge < -0.3 is 15.4 Å². The summed E-state index contributed by atoms with van der Waals surface area (Å²) in [7, 11) is 1.59. The van der Waals surface area contributed by atoms with Crippen LogP contribution in [-0.2, 0) is 11.3 Å². The van der Waals surface area contributed by atoms with E-state index in [1.165, 1.54) is 0 Å². The third-order valence-corrected chi connectivity index (χ3v) is 3.05. The van der Waals surface area contributed by atoms with E-state index in [-0.39, 0.29) is 11.9 Å². The Hall–Kier alpha value is -1.52. The smallest absolute Gasteiger partial charge is 0.237 e. The highest BCUT2D eigenvalue weighted by molar-refractivity contribution is 6.31. The molecule has 0 saturated heterocycles. The molecule has 1 unspecified atom stereocenters. The Bertz CT molecular complexity index is 449. The normalized spacial score (nSPS) is 11.7. The molecule has 0 aliphatic rings. The Kier molecular flexibility index (Phi) is 6.39. The average Bonchev–Trinajstić information content (AvgIpc) is 2.42. The van der Waals surface area contributed by atoms with E-state index < -0.39 is 0 Å². The zero-order valence-electron chi connectivity index (χ0n) is 11.2. The molecule has 0 radical (unpaired) electrons. The molecule has 2 N–H and O–H groups in total. The number of ether oxygens (including phenoxy) is 1. The molecular weight excluding hydrogens is 264 g/mol. The number of hydrogen-bond donors (Lipinski definition) is 2. The minimum atomic E-state index is -0.319. The molecule has 0 bridgehead atoms. The SMILES string of the molecule is C=CCNC(=O)C(C)NCc1c(Cl)cccc1OC. The molecule has 19 heavy (non-hydrogen) atoms. The van der Waals surface area contributed by atoms with Gasteiger partial charge in [0.25, 0.3) is 0 Å². The van der Waals surface area contributed by atoms with Crippen molar-refractivity contribution in [1.82, 2.24) is 10.6 Å². The van der Waals surface area contributed by atoms with E-state index in [4.69, 9.17) is 16.3 Å². The van der Waals surface area contributed by atoms with Crippen LogP contribution in [-0.4, -0.2) is 25.6 Å². The van der Waals surface area contributed by atoms with Crippen LogP contribution in [0.1, 0.15) is 12.5 Å². The largest absolute Gasteiger partial charge is 0.496 e. The first-order chi connectivity index (χ1) is 9.10. The third-order valence-electron chi connectivity index (χ3n) is 2.69. The lowest BCUT2D eigenvalue weighted by Gasteiger charge is -2.15. The van der Waals surface area contributed by atoms with Crippen molar-refractivity contribution in [2.45, 2.75) is 19.5 Å². The molecule has 1 rings (SSSR count). The number of methoxy groups -OCH3 is 1. The fourth-order valence-electron chi connectivity index (χ4n) is 1.58. The predicted octanol–water partition coefficient (Wildman–Crippen LogP) is 2.13. The quantitative estimate of drug-likeness (QED) is 0.753. The standard InChI is InChI=1S/C14H19ClN2O2/c1-4-8-16-14(18)10(2)17-9-11-12(15)6-5-7-13(11)19-3/h4-7,10,17H,1,8-9H2,2-3H3,(H,16,18). The van der Waals surface area contributed by atoms with Gasteiger partial charge >= 0.3 is 0 Å². The lowest BCUT2D eigenvalue weighted by molar-refractivity contribution is -0.122. The zero-order valence-corrected chi connectivity index (χ0v) is 12.0. The Morgan fingerprint density at radius 1 is 1.58 bits per heavy atom. The van der Waals surface area contributed by atoms with Gasteiger partial charge in [-0.15, -0.1) is 6.58 Å². The maximum absolute atomic E-state index is 11.7. The van der Waals surface area contributed by atoms with Crippen molar-refractivity contribution < 1.29 is 9.53 Å². The van der Waals surface area contributed by atoms with Gasteiger partial charge in [-0.05, 0) is 19.1 Å². The second-order valence-corrected chi connectivity index (χ2v) is 4.46. The van der Waals surface area contributed by atoms with Crippen LogP contribution in [0.4, 0.5) is 0 Å². The minimum absolute atomic E-state index is 0.0779. The number of hydrogen-bond acceptors (Lipinski definition) is 3. The van der Waals surface area contributed by atoms with Crippen LogP contribution in [0.5, 0.6) is 5.75 Å². The van der Waals surface area contributed by atoms with Crippen molar-refractivity contribution in [2.75, 3.05) is 13.7 Å². The Labute approximate surface area is 118 Å². The molecule has 0 aliphatic heterocycles. The summed E-state index contributed by atoms with van der Waals surface area (Å²) in [5.74, 6) is 0.629. The van der Waals surface area contributed by atoms with E-state index in [1.54, 1.807) is 26.2 Å². The molecule has 1 amide bonds. The van der Waals surface area contributed by atoms with Crippen molar-refractivity contribution in [2.24, 2.45) is 0 Å². The summed E-state index contributed by atoms with van der Waals surface area (Å²) < 4.78 is 5.25. The molecule has 0 heterocycles. The molecule has 5 heteroatoms. The first kappa shape index (κ1) is 15.5. The summed E-state index contributed by atoms with van der Waals surface area (Å²) in [5, 5.41) is 6.46. The molecule has 1 atom stereocenters. The second-order valence-electron chi connectivity index (χ2n) is 4.06. The van der Waals surface area contributed by atoms with Crippen molar-refractivity contribution in [3.05, 3.63) is 41.4 Å². The Morgan fingerprint density at radius 3 is 2.95 bits per heavy atom. The van der Waals surface area contributed by atoms with Gasteiger partial charge in [-0.2, -0.15) is 0 Å². The van der Waals surface area contributed by atoms with Crippen molar-refractivity contribution in [1.29, 1.82) is 0 Å². The zero-order chi connectivity index (χ0) is 14.3. The van der Waals surface area contributed by atoms with E-state index in [0.29, 0.717) is 23.9 Å². The first-order valence-electron chi connectivity index (χ1n) is 6.03. The fourth-order valence-corrected chi connectivity index (χ4v) is 1.81. The summed E-state index contributed by atoms with van der Waals surface area (Å²) in [4.78, 5) is 11.7. The topological polar surface area (TPSA) is 50.4 Å². The maximum atomic E-state index is 11.7.